The fourth-order valence-electron chi connectivity index (χ4n) is 7.15. The minimum absolute atomic E-state index is 0.197. The van der Waals surface area contributed by atoms with Crippen LogP contribution in [0.1, 0.15) is 10.9 Å². The molecule has 0 spiro atoms. The molecule has 0 saturated carbocycles. The van der Waals surface area contributed by atoms with Gasteiger partial charge in [-0.05, 0) is 68.9 Å². The molecule has 1 aliphatic rings. The van der Waals surface area contributed by atoms with E-state index in [4.69, 9.17) is 9.97 Å². The molecule has 7 aromatic carbocycles. The van der Waals surface area contributed by atoms with Crippen LogP contribution in [-0.2, 0) is 0 Å². The van der Waals surface area contributed by atoms with Gasteiger partial charge in [0.2, 0.25) is 0 Å². The van der Waals surface area contributed by atoms with Crippen molar-refractivity contribution in [2.45, 2.75) is 10.3 Å². The monoisotopic (exact) mass is 649 g/mol. The molecule has 10 rings (SSSR count). The van der Waals surface area contributed by atoms with Crippen molar-refractivity contribution in [3.8, 4) is 32.8 Å². The van der Waals surface area contributed by atoms with Gasteiger partial charge >= 0.3 is 0 Å². The van der Waals surface area contributed by atoms with Crippen LogP contribution in [0.4, 0.5) is 5.69 Å². The summed E-state index contributed by atoms with van der Waals surface area (Å²) in [4.78, 5) is 11.2. The van der Waals surface area contributed by atoms with Crippen molar-refractivity contribution in [1.82, 2.24) is 9.97 Å². The molecule has 3 heterocycles. The summed E-state index contributed by atoms with van der Waals surface area (Å²) < 4.78 is 1.21. The molecule has 9 aromatic rings. The Morgan fingerprint density at radius 1 is 0.521 bits per heavy atom. The molecule has 2 aromatic heterocycles. The highest BCUT2D eigenvalue weighted by Gasteiger charge is 2.23. The van der Waals surface area contributed by atoms with E-state index in [-0.39, 0.29) is 5.37 Å². The Hall–Kier alpha value is -5.49. The van der Waals surface area contributed by atoms with E-state index in [2.05, 4.69) is 151 Å². The minimum Gasteiger partial charge on any atom is -0.368 e. The number of rotatable bonds is 4. The van der Waals surface area contributed by atoms with E-state index in [9.17, 15) is 0 Å². The van der Waals surface area contributed by atoms with E-state index in [1.165, 1.54) is 59.3 Å². The summed E-state index contributed by atoms with van der Waals surface area (Å²) in [5, 5.41) is 10.9. The molecule has 0 aliphatic carbocycles. The minimum atomic E-state index is 0.197. The van der Waals surface area contributed by atoms with Crippen LogP contribution >= 0.6 is 23.1 Å². The van der Waals surface area contributed by atoms with Gasteiger partial charge in [-0.1, -0.05) is 127 Å². The van der Waals surface area contributed by atoms with E-state index < -0.39 is 0 Å². The fourth-order valence-corrected chi connectivity index (χ4v) is 9.26. The Morgan fingerprint density at radius 2 is 1.15 bits per heavy atom. The predicted molar refractivity (Wildman–Crippen MR) is 205 cm³/mol. The Bertz CT molecular complexity index is 2620. The van der Waals surface area contributed by atoms with Crippen molar-refractivity contribution >= 4 is 71.5 Å². The van der Waals surface area contributed by atoms with Crippen molar-refractivity contribution in [3.05, 3.63) is 157 Å². The number of benzene rings is 7. The van der Waals surface area contributed by atoms with E-state index in [0.717, 1.165) is 32.4 Å². The molecule has 3 nitrogen and oxygen atoms in total. The molecule has 0 amide bonds. The van der Waals surface area contributed by atoms with Crippen molar-refractivity contribution in [1.29, 1.82) is 0 Å². The van der Waals surface area contributed by atoms with Crippen LogP contribution in [0.2, 0.25) is 0 Å². The number of hydrogen-bond acceptors (Lipinski definition) is 5. The maximum absolute atomic E-state index is 4.99. The van der Waals surface area contributed by atoms with Crippen molar-refractivity contribution < 1.29 is 0 Å². The van der Waals surface area contributed by atoms with Crippen molar-refractivity contribution in [2.24, 2.45) is 0 Å². The third kappa shape index (κ3) is 4.43. The zero-order valence-corrected chi connectivity index (χ0v) is 27.4. The molecule has 0 bridgehead atoms. The number of anilines is 1. The SMILES string of the molecule is c1ccc2c(c1)NC(c1ccc(-c3c4ccccc4c(-c4ccc(-c5nc6ccccc6s5)cc4)c4cnc5ccccc5c34)cc1)S2. The molecule has 0 radical (unpaired) electrons. The summed E-state index contributed by atoms with van der Waals surface area (Å²) in [6, 6.07) is 52.3. The quantitative estimate of drug-likeness (QED) is 0.152. The molecule has 1 N–H and O–H groups in total. The Labute approximate surface area is 285 Å². The smallest absolute Gasteiger partial charge is 0.124 e. The molecule has 0 saturated heterocycles. The molecule has 1 aliphatic heterocycles. The zero-order chi connectivity index (χ0) is 31.6. The number of nitrogens with zero attached hydrogens (tertiary/aromatic N) is 2. The van der Waals surface area contributed by atoms with Gasteiger partial charge in [0, 0.05) is 38.5 Å². The van der Waals surface area contributed by atoms with Crippen LogP contribution in [0.15, 0.2) is 157 Å². The van der Waals surface area contributed by atoms with Crippen LogP contribution in [0.5, 0.6) is 0 Å². The van der Waals surface area contributed by atoms with Gasteiger partial charge in [0.25, 0.3) is 0 Å². The predicted octanol–water partition coefficient (Wildman–Crippen LogP) is 12.4. The summed E-state index contributed by atoms with van der Waals surface area (Å²) in [7, 11) is 0. The van der Waals surface area contributed by atoms with E-state index >= 15 is 0 Å². The second-order valence-corrected chi connectivity index (χ2v) is 14.4. The third-order valence-corrected chi connectivity index (χ3v) is 11.7. The normalized spacial score (nSPS) is 14.1. The average Bonchev–Trinajstić information content (AvgIpc) is 3.79. The average molecular weight is 650 g/mol. The van der Waals surface area contributed by atoms with E-state index in [0.29, 0.717) is 0 Å². The first-order valence-corrected chi connectivity index (χ1v) is 17.8. The van der Waals surface area contributed by atoms with Crippen LogP contribution < -0.4 is 5.32 Å². The maximum Gasteiger partial charge on any atom is 0.124 e. The molecule has 1 atom stereocenters. The van der Waals surface area contributed by atoms with Gasteiger partial charge in [0.15, 0.2) is 0 Å². The second-order valence-electron chi connectivity index (χ2n) is 12.2. The summed E-state index contributed by atoms with van der Waals surface area (Å²) >= 11 is 3.61. The standard InChI is InChI=1S/C43H27N3S2/c1-2-10-31-30(9-1)39(26-17-21-28(22-18-26)42-45-35-13-5-7-15-37(35)47-42)33-25-44-34-12-4-3-11-32(34)41(33)40(31)27-19-23-29(24-20-27)43-46-36-14-6-8-16-38(36)48-43/h1-25,43,46H. The summed E-state index contributed by atoms with van der Waals surface area (Å²) in [6.45, 7) is 0. The van der Waals surface area contributed by atoms with Crippen LogP contribution in [-0.4, -0.2) is 9.97 Å². The second kappa shape index (κ2) is 11.1. The molecule has 226 valence electrons. The number of fused-ring (bicyclic) bond motifs is 6. The molecular formula is C43H27N3S2. The number of aromatic nitrogens is 2. The van der Waals surface area contributed by atoms with Crippen molar-refractivity contribution in [2.75, 3.05) is 5.32 Å². The lowest BCUT2D eigenvalue weighted by molar-refractivity contribution is 1.13. The summed E-state index contributed by atoms with van der Waals surface area (Å²) in [6.07, 6.45) is 2.08. The van der Waals surface area contributed by atoms with Gasteiger partial charge in [0.1, 0.15) is 10.4 Å². The number of thioether (sulfide) groups is 1. The van der Waals surface area contributed by atoms with Gasteiger partial charge in [-0.25, -0.2) is 4.98 Å². The molecule has 48 heavy (non-hydrogen) atoms. The molecular weight excluding hydrogens is 623 g/mol. The van der Waals surface area contributed by atoms with Gasteiger partial charge < -0.3 is 5.32 Å². The van der Waals surface area contributed by atoms with Gasteiger partial charge in [-0.2, -0.15) is 0 Å². The first kappa shape index (κ1) is 27.6. The lowest BCUT2D eigenvalue weighted by Crippen LogP contribution is -2.00. The molecule has 1 unspecified atom stereocenters. The number of hydrogen-bond donors (Lipinski definition) is 1. The van der Waals surface area contributed by atoms with Crippen LogP contribution in [0.3, 0.4) is 0 Å². The van der Waals surface area contributed by atoms with E-state index in [1.54, 1.807) is 11.3 Å². The number of para-hydroxylation sites is 3. The van der Waals surface area contributed by atoms with Gasteiger partial charge in [-0.3, -0.25) is 4.98 Å². The van der Waals surface area contributed by atoms with E-state index in [1.807, 2.05) is 17.8 Å². The topological polar surface area (TPSA) is 37.8 Å². The number of nitrogens with one attached hydrogen (secondary N) is 1. The fraction of sp³-hybridized carbons (Fsp3) is 0.0233. The highest BCUT2D eigenvalue weighted by atomic mass is 32.2. The highest BCUT2D eigenvalue weighted by Crippen LogP contribution is 2.48. The van der Waals surface area contributed by atoms with Crippen molar-refractivity contribution in [3.63, 3.8) is 0 Å². The van der Waals surface area contributed by atoms with Gasteiger partial charge in [-0.15, -0.1) is 11.3 Å². The maximum atomic E-state index is 4.99. The lowest BCUT2D eigenvalue weighted by atomic mass is 9.85. The Morgan fingerprint density at radius 3 is 1.94 bits per heavy atom. The highest BCUT2D eigenvalue weighted by molar-refractivity contribution is 8.00. The largest absolute Gasteiger partial charge is 0.368 e. The molecule has 5 heteroatoms. The van der Waals surface area contributed by atoms with Crippen LogP contribution in [0, 0.1) is 0 Å². The number of thiazole rings is 1. The van der Waals surface area contributed by atoms with Gasteiger partial charge in [0.05, 0.1) is 15.7 Å². The lowest BCUT2D eigenvalue weighted by Gasteiger charge is -2.19. The first-order valence-electron chi connectivity index (χ1n) is 16.1. The zero-order valence-electron chi connectivity index (χ0n) is 25.7. The first-order chi connectivity index (χ1) is 23.8. The number of pyridine rings is 1. The Balaban J connectivity index is 1.15. The summed E-state index contributed by atoms with van der Waals surface area (Å²) in [5.41, 5.74) is 10.5. The Kier molecular flexibility index (Phi) is 6.36. The third-order valence-electron chi connectivity index (χ3n) is 9.40. The van der Waals surface area contributed by atoms with Crippen LogP contribution in [0.25, 0.3) is 75.5 Å². The molecule has 0 fully saturated rings. The summed E-state index contributed by atoms with van der Waals surface area (Å²) in [5.74, 6) is 0.